The maximum Gasteiger partial charge on any atom is 0.280 e. The van der Waals surface area contributed by atoms with Crippen molar-refractivity contribution in [3.05, 3.63) is 41.7 Å². The van der Waals surface area contributed by atoms with Crippen LogP contribution in [0, 0.1) is 12.7 Å². The minimum absolute atomic E-state index is 0.0215. The second kappa shape index (κ2) is 4.58. The molecule has 108 valence electrons. The molecule has 0 bridgehead atoms. The van der Waals surface area contributed by atoms with Crippen LogP contribution in [-0.4, -0.2) is 30.4 Å². The quantitative estimate of drug-likeness (QED) is 0.703. The van der Waals surface area contributed by atoms with E-state index in [9.17, 15) is 14.4 Å². The predicted molar refractivity (Wildman–Crippen MR) is 72.8 cm³/mol. The smallest absolute Gasteiger partial charge is 0.280 e. The molecule has 0 aliphatic heterocycles. The molecule has 1 amide bonds. The van der Waals surface area contributed by atoms with E-state index in [4.69, 9.17) is 0 Å². The van der Waals surface area contributed by atoms with Gasteiger partial charge in [0.25, 0.3) is 5.91 Å². The van der Waals surface area contributed by atoms with Crippen LogP contribution in [0.15, 0.2) is 24.5 Å². The van der Waals surface area contributed by atoms with Gasteiger partial charge in [0.1, 0.15) is 12.1 Å². The van der Waals surface area contributed by atoms with Crippen LogP contribution in [0.3, 0.4) is 0 Å². The lowest BCUT2D eigenvalue weighted by Gasteiger charge is -2.05. The van der Waals surface area contributed by atoms with E-state index in [1.54, 1.807) is 24.6 Å². The standard InChI is InChI=1S/C13H12FN5O2/c1-7-11(19(21)6-15-7)12(20)17-13-16-9-5-8(14)3-4-10(9)18(13)2/h3-6,21H,1-2H3,(H,16,17,20). The van der Waals surface area contributed by atoms with E-state index in [1.807, 2.05) is 0 Å². The fourth-order valence-electron chi connectivity index (χ4n) is 2.14. The molecule has 0 aliphatic rings. The Balaban J connectivity index is 1.99. The van der Waals surface area contributed by atoms with E-state index >= 15 is 0 Å². The molecule has 0 saturated heterocycles. The highest BCUT2D eigenvalue weighted by atomic mass is 19.1. The molecule has 7 nitrogen and oxygen atoms in total. The zero-order chi connectivity index (χ0) is 15.1. The molecule has 2 heterocycles. The van der Waals surface area contributed by atoms with E-state index in [0.29, 0.717) is 21.5 Å². The summed E-state index contributed by atoms with van der Waals surface area (Å²) in [6, 6.07) is 4.18. The zero-order valence-corrected chi connectivity index (χ0v) is 11.3. The van der Waals surface area contributed by atoms with Gasteiger partial charge >= 0.3 is 0 Å². The second-order valence-corrected chi connectivity index (χ2v) is 4.60. The van der Waals surface area contributed by atoms with Gasteiger partial charge in [0.15, 0.2) is 5.69 Å². The van der Waals surface area contributed by atoms with Gasteiger partial charge in [0.2, 0.25) is 5.95 Å². The second-order valence-electron chi connectivity index (χ2n) is 4.60. The Kier molecular flexibility index (Phi) is 2.86. The van der Waals surface area contributed by atoms with Crippen molar-refractivity contribution in [3.8, 4) is 0 Å². The lowest BCUT2D eigenvalue weighted by atomic mass is 10.3. The summed E-state index contributed by atoms with van der Waals surface area (Å²) >= 11 is 0. The van der Waals surface area contributed by atoms with E-state index in [2.05, 4.69) is 15.3 Å². The summed E-state index contributed by atoms with van der Waals surface area (Å²) in [7, 11) is 1.70. The van der Waals surface area contributed by atoms with Gasteiger partial charge in [0, 0.05) is 13.1 Å². The van der Waals surface area contributed by atoms with Crippen LogP contribution in [0.25, 0.3) is 11.0 Å². The fraction of sp³-hybridized carbons (Fsp3) is 0.154. The SMILES string of the molecule is Cc1ncn(O)c1C(=O)Nc1nc2cc(F)ccc2n1C. The number of carbonyl (C=O) groups excluding carboxylic acids is 1. The van der Waals surface area contributed by atoms with Crippen molar-refractivity contribution in [2.45, 2.75) is 6.92 Å². The van der Waals surface area contributed by atoms with Gasteiger partial charge < -0.3 is 9.77 Å². The predicted octanol–water partition coefficient (Wildman–Crippen LogP) is 1.71. The molecule has 1 aromatic carbocycles. The Labute approximate surface area is 118 Å². The average Bonchev–Trinajstić information content (AvgIpc) is 2.91. The maximum absolute atomic E-state index is 13.2. The summed E-state index contributed by atoms with van der Waals surface area (Å²) in [4.78, 5) is 20.1. The molecule has 0 fully saturated rings. The third-order valence-corrected chi connectivity index (χ3v) is 3.22. The molecule has 2 aromatic heterocycles. The molecule has 8 heteroatoms. The summed E-state index contributed by atoms with van der Waals surface area (Å²) in [5.41, 5.74) is 1.52. The first-order valence-electron chi connectivity index (χ1n) is 6.14. The minimum atomic E-state index is -0.550. The van der Waals surface area contributed by atoms with Crippen LogP contribution in [0.4, 0.5) is 10.3 Å². The fourth-order valence-corrected chi connectivity index (χ4v) is 2.14. The molecule has 0 unspecified atom stereocenters. The highest BCUT2D eigenvalue weighted by Gasteiger charge is 2.18. The topological polar surface area (TPSA) is 85.0 Å². The van der Waals surface area contributed by atoms with Crippen LogP contribution in [-0.2, 0) is 7.05 Å². The Morgan fingerprint density at radius 2 is 2.19 bits per heavy atom. The van der Waals surface area contributed by atoms with Crippen molar-refractivity contribution in [2.24, 2.45) is 7.05 Å². The highest BCUT2D eigenvalue weighted by molar-refractivity contribution is 6.03. The van der Waals surface area contributed by atoms with Gasteiger partial charge in [-0.1, -0.05) is 0 Å². The van der Waals surface area contributed by atoms with Gasteiger partial charge in [-0.25, -0.2) is 14.4 Å². The van der Waals surface area contributed by atoms with Crippen LogP contribution in [0.5, 0.6) is 0 Å². The first-order chi connectivity index (χ1) is 9.97. The number of aryl methyl sites for hydroxylation is 2. The molecule has 0 saturated carbocycles. The van der Waals surface area contributed by atoms with Crippen LogP contribution < -0.4 is 5.32 Å². The van der Waals surface area contributed by atoms with Crippen LogP contribution >= 0.6 is 0 Å². The van der Waals surface area contributed by atoms with Gasteiger partial charge in [-0.3, -0.25) is 10.1 Å². The van der Waals surface area contributed by atoms with Crippen molar-refractivity contribution >= 4 is 22.9 Å². The largest absolute Gasteiger partial charge is 0.427 e. The summed E-state index contributed by atoms with van der Waals surface area (Å²) in [6.45, 7) is 1.60. The molecule has 3 aromatic rings. The van der Waals surface area contributed by atoms with Crippen molar-refractivity contribution in [1.82, 2.24) is 19.3 Å². The van der Waals surface area contributed by atoms with Crippen molar-refractivity contribution in [1.29, 1.82) is 0 Å². The number of amides is 1. The normalized spacial score (nSPS) is 11.0. The van der Waals surface area contributed by atoms with Crippen molar-refractivity contribution in [3.63, 3.8) is 0 Å². The van der Waals surface area contributed by atoms with Crippen LogP contribution in [0.2, 0.25) is 0 Å². The number of benzene rings is 1. The lowest BCUT2D eigenvalue weighted by Crippen LogP contribution is -2.19. The van der Waals surface area contributed by atoms with Crippen molar-refractivity contribution in [2.75, 3.05) is 5.32 Å². The number of hydrogen-bond acceptors (Lipinski definition) is 4. The number of carbonyl (C=O) groups is 1. The molecule has 2 N–H and O–H groups in total. The number of nitrogens with zero attached hydrogens (tertiary/aromatic N) is 4. The maximum atomic E-state index is 13.2. The Morgan fingerprint density at radius 3 is 2.86 bits per heavy atom. The summed E-state index contributed by atoms with van der Waals surface area (Å²) in [6.07, 6.45) is 1.13. The number of anilines is 1. The highest BCUT2D eigenvalue weighted by Crippen LogP contribution is 2.19. The molecule has 0 aliphatic carbocycles. The molecule has 21 heavy (non-hydrogen) atoms. The Hall–Kier alpha value is -2.90. The number of aromatic nitrogens is 4. The molecule has 0 radical (unpaired) electrons. The van der Waals surface area contributed by atoms with Crippen molar-refractivity contribution < 1.29 is 14.4 Å². The number of imidazole rings is 2. The third-order valence-electron chi connectivity index (χ3n) is 3.22. The van der Waals surface area contributed by atoms with E-state index in [-0.39, 0.29) is 11.6 Å². The molecular formula is C13H12FN5O2. The monoisotopic (exact) mass is 289 g/mol. The molecule has 3 rings (SSSR count). The van der Waals surface area contributed by atoms with Gasteiger partial charge in [0.05, 0.1) is 16.7 Å². The first-order valence-corrected chi connectivity index (χ1v) is 6.14. The Bertz CT molecular complexity index is 832. The van der Waals surface area contributed by atoms with Gasteiger partial charge in [-0.05, 0) is 19.1 Å². The lowest BCUT2D eigenvalue weighted by molar-refractivity contribution is 0.0970. The van der Waals surface area contributed by atoms with Gasteiger partial charge in [-0.2, -0.15) is 4.73 Å². The Morgan fingerprint density at radius 1 is 1.43 bits per heavy atom. The molecule has 0 atom stereocenters. The first kappa shape index (κ1) is 13.1. The third kappa shape index (κ3) is 2.10. The average molecular weight is 289 g/mol. The minimum Gasteiger partial charge on any atom is -0.427 e. The molecular weight excluding hydrogens is 277 g/mol. The summed E-state index contributed by atoms with van der Waals surface area (Å²) < 4.78 is 15.5. The molecule has 0 spiro atoms. The van der Waals surface area contributed by atoms with E-state index in [1.165, 1.54) is 12.1 Å². The van der Waals surface area contributed by atoms with Crippen LogP contribution in [0.1, 0.15) is 16.2 Å². The van der Waals surface area contributed by atoms with E-state index in [0.717, 1.165) is 6.33 Å². The number of hydrogen-bond donors (Lipinski definition) is 2. The summed E-state index contributed by atoms with van der Waals surface area (Å²) in [5.74, 6) is -0.699. The van der Waals surface area contributed by atoms with Gasteiger partial charge in [-0.15, -0.1) is 0 Å². The number of rotatable bonds is 2. The number of halogens is 1. The number of nitrogens with one attached hydrogen (secondary N) is 1. The zero-order valence-electron chi connectivity index (χ0n) is 11.3. The number of fused-ring (bicyclic) bond motifs is 1. The summed E-state index contributed by atoms with van der Waals surface area (Å²) in [5, 5.41) is 12.1. The van der Waals surface area contributed by atoms with E-state index < -0.39 is 11.7 Å².